The van der Waals surface area contributed by atoms with Gasteiger partial charge in [0.2, 0.25) is 0 Å². The summed E-state index contributed by atoms with van der Waals surface area (Å²) in [4.78, 5) is 19.0. The van der Waals surface area contributed by atoms with Gasteiger partial charge in [0.05, 0.1) is 25.1 Å². The largest absolute Gasteiger partial charge is 0.378 e. The number of carbonyl (C=O) groups excluding carboxylic acids is 1. The molecule has 0 radical (unpaired) electrons. The van der Waals surface area contributed by atoms with Gasteiger partial charge in [-0.25, -0.2) is 9.50 Å². The second kappa shape index (κ2) is 6.05. The number of anilines is 1. The molecule has 0 bridgehead atoms. The molecular formula is C18H18N4O2. The molecule has 0 spiro atoms. The quantitative estimate of drug-likeness (QED) is 0.693. The molecule has 4 rings (SSSR count). The van der Waals surface area contributed by atoms with E-state index in [0.717, 1.165) is 30.0 Å². The lowest BCUT2D eigenvalue weighted by atomic mass is 10.1. The maximum absolute atomic E-state index is 12.2. The molecule has 24 heavy (non-hydrogen) atoms. The number of rotatable bonds is 3. The van der Waals surface area contributed by atoms with E-state index in [1.165, 1.54) is 0 Å². The summed E-state index contributed by atoms with van der Waals surface area (Å²) in [5.74, 6) is -0.0627. The second-order valence-electron chi connectivity index (χ2n) is 5.78. The highest BCUT2D eigenvalue weighted by Gasteiger charge is 2.22. The highest BCUT2D eigenvalue weighted by molar-refractivity contribution is 6.00. The Morgan fingerprint density at radius 2 is 1.88 bits per heavy atom. The molecule has 0 unspecified atom stereocenters. The number of carbonyl (C=O) groups is 1. The van der Waals surface area contributed by atoms with Gasteiger partial charge in [0.25, 0.3) is 0 Å². The van der Waals surface area contributed by atoms with Gasteiger partial charge < -0.3 is 9.64 Å². The van der Waals surface area contributed by atoms with E-state index in [1.54, 1.807) is 17.6 Å². The Bertz CT molecular complexity index is 883. The zero-order valence-electron chi connectivity index (χ0n) is 13.5. The molecule has 3 heterocycles. The summed E-state index contributed by atoms with van der Waals surface area (Å²) in [5, 5.41) is 4.46. The number of ketones is 1. The van der Waals surface area contributed by atoms with Crippen LogP contribution in [0.1, 0.15) is 17.4 Å². The predicted molar refractivity (Wildman–Crippen MR) is 91.5 cm³/mol. The number of benzene rings is 1. The van der Waals surface area contributed by atoms with Crippen LogP contribution in [0.3, 0.4) is 0 Å². The van der Waals surface area contributed by atoms with Gasteiger partial charge in [-0.2, -0.15) is 5.10 Å². The molecule has 1 aromatic carbocycles. The first-order valence-electron chi connectivity index (χ1n) is 8.02. The van der Waals surface area contributed by atoms with Crippen LogP contribution in [0.2, 0.25) is 0 Å². The van der Waals surface area contributed by atoms with Gasteiger partial charge in [0, 0.05) is 25.6 Å². The molecule has 0 N–H and O–H groups in total. The number of fused-ring (bicyclic) bond motifs is 1. The smallest absolute Gasteiger partial charge is 0.180 e. The molecule has 2 aromatic heterocycles. The number of nitrogens with zero attached hydrogens (tertiary/aromatic N) is 4. The van der Waals surface area contributed by atoms with Crippen LogP contribution < -0.4 is 4.90 Å². The Balaban J connectivity index is 1.95. The molecule has 0 aliphatic carbocycles. The monoisotopic (exact) mass is 322 g/mol. The van der Waals surface area contributed by atoms with Crippen molar-refractivity contribution in [2.24, 2.45) is 0 Å². The molecule has 122 valence electrons. The number of ether oxygens (including phenoxy) is 1. The van der Waals surface area contributed by atoms with E-state index in [0.29, 0.717) is 24.6 Å². The van der Waals surface area contributed by atoms with Crippen LogP contribution in [0, 0.1) is 0 Å². The second-order valence-corrected chi connectivity index (χ2v) is 5.78. The van der Waals surface area contributed by atoms with Crippen LogP contribution in [0.25, 0.3) is 16.9 Å². The average Bonchev–Trinajstić information content (AvgIpc) is 3.03. The lowest BCUT2D eigenvalue weighted by Crippen LogP contribution is -2.36. The van der Waals surface area contributed by atoms with Crippen LogP contribution in [0.15, 0.2) is 42.6 Å². The molecule has 1 fully saturated rings. The lowest BCUT2D eigenvalue weighted by molar-refractivity contribution is 0.101. The van der Waals surface area contributed by atoms with Crippen LogP contribution >= 0.6 is 0 Å². The molecule has 0 amide bonds. The first kappa shape index (κ1) is 14.8. The van der Waals surface area contributed by atoms with E-state index in [4.69, 9.17) is 4.74 Å². The Morgan fingerprint density at radius 1 is 1.12 bits per heavy atom. The van der Waals surface area contributed by atoms with Gasteiger partial charge in [-0.15, -0.1) is 0 Å². The highest BCUT2D eigenvalue weighted by atomic mass is 16.5. The average molecular weight is 322 g/mol. The maximum Gasteiger partial charge on any atom is 0.180 e. The van der Waals surface area contributed by atoms with Gasteiger partial charge in [-0.1, -0.05) is 30.3 Å². The normalized spacial score (nSPS) is 15.0. The van der Waals surface area contributed by atoms with E-state index in [9.17, 15) is 4.79 Å². The highest BCUT2D eigenvalue weighted by Crippen LogP contribution is 2.29. The third-order valence-electron chi connectivity index (χ3n) is 4.23. The Morgan fingerprint density at radius 3 is 2.58 bits per heavy atom. The minimum absolute atomic E-state index is 0.0627. The van der Waals surface area contributed by atoms with Crippen molar-refractivity contribution in [3.05, 3.63) is 48.3 Å². The van der Waals surface area contributed by atoms with Crippen LogP contribution in [-0.2, 0) is 4.74 Å². The maximum atomic E-state index is 12.2. The number of hydrogen-bond donors (Lipinski definition) is 0. The predicted octanol–water partition coefficient (Wildman–Crippen LogP) is 2.44. The van der Waals surface area contributed by atoms with E-state index < -0.39 is 0 Å². The molecular weight excluding hydrogens is 304 g/mol. The molecule has 6 heteroatoms. The molecule has 6 nitrogen and oxygen atoms in total. The van der Waals surface area contributed by atoms with Gasteiger partial charge in [-0.3, -0.25) is 4.79 Å². The number of imidazole rings is 1. The van der Waals surface area contributed by atoms with E-state index >= 15 is 0 Å². The summed E-state index contributed by atoms with van der Waals surface area (Å²) in [6.07, 6.45) is 1.76. The number of aromatic nitrogens is 3. The van der Waals surface area contributed by atoms with Crippen LogP contribution in [0.5, 0.6) is 0 Å². The van der Waals surface area contributed by atoms with Gasteiger partial charge >= 0.3 is 0 Å². The number of hydrogen-bond acceptors (Lipinski definition) is 5. The van der Waals surface area contributed by atoms with Gasteiger partial charge in [-0.05, 0) is 6.07 Å². The Labute approximate surface area is 139 Å². The van der Waals surface area contributed by atoms with Crippen molar-refractivity contribution < 1.29 is 9.53 Å². The lowest BCUT2D eigenvalue weighted by Gasteiger charge is -2.28. The summed E-state index contributed by atoms with van der Waals surface area (Å²) >= 11 is 0. The van der Waals surface area contributed by atoms with Gasteiger partial charge in [0.15, 0.2) is 11.4 Å². The zero-order chi connectivity index (χ0) is 16.5. The SMILES string of the molecule is CC(=O)c1nc2c(N3CCOCC3)ccnn2c1-c1ccccc1. The molecule has 1 aliphatic heterocycles. The fraction of sp³-hybridized carbons (Fsp3) is 0.278. The summed E-state index contributed by atoms with van der Waals surface area (Å²) in [7, 11) is 0. The van der Waals surface area contributed by atoms with Crippen molar-refractivity contribution in [1.29, 1.82) is 0 Å². The fourth-order valence-corrected chi connectivity index (χ4v) is 3.09. The molecule has 0 saturated carbocycles. The van der Waals surface area contributed by atoms with Crippen molar-refractivity contribution in [2.45, 2.75) is 6.92 Å². The minimum Gasteiger partial charge on any atom is -0.378 e. The summed E-state index contributed by atoms with van der Waals surface area (Å²) in [5.41, 5.74) is 3.82. The molecule has 0 atom stereocenters. The summed E-state index contributed by atoms with van der Waals surface area (Å²) in [6.45, 7) is 4.55. The molecule has 3 aromatic rings. The first-order valence-corrected chi connectivity index (χ1v) is 8.02. The number of Topliss-reactive ketones (excluding diaryl/α,β-unsaturated/α-hetero) is 1. The topological polar surface area (TPSA) is 59.7 Å². The van der Waals surface area contributed by atoms with Crippen molar-refractivity contribution >= 4 is 17.1 Å². The van der Waals surface area contributed by atoms with Crippen molar-refractivity contribution in [3.8, 4) is 11.3 Å². The van der Waals surface area contributed by atoms with Gasteiger partial charge in [0.1, 0.15) is 11.4 Å². The summed E-state index contributed by atoms with van der Waals surface area (Å²) < 4.78 is 7.21. The Hall–Kier alpha value is -2.73. The number of morpholine rings is 1. The third kappa shape index (κ3) is 2.45. The minimum atomic E-state index is -0.0627. The van der Waals surface area contributed by atoms with Crippen molar-refractivity contribution in [3.63, 3.8) is 0 Å². The van der Waals surface area contributed by atoms with E-state index in [2.05, 4.69) is 15.0 Å². The Kier molecular flexibility index (Phi) is 3.74. The summed E-state index contributed by atoms with van der Waals surface area (Å²) in [6, 6.07) is 11.7. The van der Waals surface area contributed by atoms with Crippen LogP contribution in [0.4, 0.5) is 5.69 Å². The van der Waals surface area contributed by atoms with E-state index in [-0.39, 0.29) is 5.78 Å². The van der Waals surface area contributed by atoms with Crippen molar-refractivity contribution in [2.75, 3.05) is 31.2 Å². The fourth-order valence-electron chi connectivity index (χ4n) is 3.09. The molecule has 1 saturated heterocycles. The first-order chi connectivity index (χ1) is 11.8. The van der Waals surface area contributed by atoms with E-state index in [1.807, 2.05) is 36.4 Å². The van der Waals surface area contributed by atoms with Crippen LogP contribution in [-0.4, -0.2) is 46.7 Å². The third-order valence-corrected chi connectivity index (χ3v) is 4.23. The zero-order valence-corrected chi connectivity index (χ0v) is 13.5. The van der Waals surface area contributed by atoms with Crippen molar-refractivity contribution in [1.82, 2.24) is 14.6 Å². The molecule has 1 aliphatic rings. The standard InChI is InChI=1S/C18H18N4O2/c1-13(23)16-17(14-5-3-2-4-6-14)22-18(20-16)15(7-8-19-22)21-9-11-24-12-10-21/h2-8H,9-12H2,1H3.